The number of nitrogens with one attached hydrogen (secondary N) is 2. The maximum Gasteiger partial charge on any atom is 0.269 e. The molecule has 0 saturated carbocycles. The van der Waals surface area contributed by atoms with Crippen molar-refractivity contribution in [2.45, 2.75) is 33.2 Å². The topological polar surface area (TPSA) is 57.8 Å². The molecule has 0 bridgehead atoms. The number of hydrogen-bond donors (Lipinski definition) is 2. The van der Waals surface area contributed by atoms with Gasteiger partial charge in [0.05, 0.1) is 5.69 Å². The van der Waals surface area contributed by atoms with E-state index in [0.717, 1.165) is 17.7 Å². The van der Waals surface area contributed by atoms with Gasteiger partial charge in [-0.25, -0.2) is 0 Å². The highest BCUT2D eigenvalue weighted by Crippen LogP contribution is 2.18. The van der Waals surface area contributed by atoms with Gasteiger partial charge in [-0.1, -0.05) is 36.8 Å². The Morgan fingerprint density at radius 2 is 2.05 bits per heavy atom. The van der Waals surface area contributed by atoms with Crippen LogP contribution in [0.1, 0.15) is 36.3 Å². The van der Waals surface area contributed by atoms with Crippen molar-refractivity contribution < 1.29 is 4.79 Å². The van der Waals surface area contributed by atoms with Gasteiger partial charge < -0.3 is 5.32 Å². The van der Waals surface area contributed by atoms with Gasteiger partial charge in [0.15, 0.2) is 0 Å². The van der Waals surface area contributed by atoms with Gasteiger partial charge in [-0.2, -0.15) is 5.10 Å². The summed E-state index contributed by atoms with van der Waals surface area (Å²) in [5.74, 6) is -0.111. The summed E-state index contributed by atoms with van der Waals surface area (Å²) < 4.78 is 0. The second-order valence-electron chi connectivity index (χ2n) is 4.82. The minimum Gasteiger partial charge on any atom is -0.348 e. The van der Waals surface area contributed by atoms with Crippen molar-refractivity contribution in [2.24, 2.45) is 0 Å². The standard InChI is InChI=1S/C15H19N3O/c1-4-11(3)16-15(19)14-9-13(17-18-14)12-7-5-10(2)6-8-12/h5-9,11H,4H2,1-3H3,(H,16,19)(H,17,18). The normalized spacial score (nSPS) is 12.2. The van der Waals surface area contributed by atoms with Gasteiger partial charge >= 0.3 is 0 Å². The molecule has 1 amide bonds. The number of aromatic nitrogens is 2. The predicted molar refractivity (Wildman–Crippen MR) is 76.0 cm³/mol. The monoisotopic (exact) mass is 257 g/mol. The van der Waals surface area contributed by atoms with Crippen molar-refractivity contribution in [2.75, 3.05) is 0 Å². The third-order valence-electron chi connectivity index (χ3n) is 3.16. The van der Waals surface area contributed by atoms with E-state index in [1.54, 1.807) is 6.07 Å². The van der Waals surface area contributed by atoms with Crippen LogP contribution in [0.4, 0.5) is 0 Å². The average molecular weight is 257 g/mol. The number of carbonyl (C=O) groups is 1. The molecule has 100 valence electrons. The van der Waals surface area contributed by atoms with Crippen molar-refractivity contribution in [1.82, 2.24) is 15.5 Å². The molecule has 0 spiro atoms. The maximum absolute atomic E-state index is 11.9. The molecule has 0 saturated heterocycles. The van der Waals surface area contributed by atoms with E-state index in [-0.39, 0.29) is 11.9 Å². The lowest BCUT2D eigenvalue weighted by Crippen LogP contribution is -2.32. The van der Waals surface area contributed by atoms with Crippen molar-refractivity contribution >= 4 is 5.91 Å². The van der Waals surface area contributed by atoms with Crippen LogP contribution in [0, 0.1) is 6.92 Å². The molecule has 19 heavy (non-hydrogen) atoms. The van der Waals surface area contributed by atoms with Gasteiger partial charge in [-0.05, 0) is 26.3 Å². The lowest BCUT2D eigenvalue weighted by atomic mass is 10.1. The second kappa shape index (κ2) is 5.69. The van der Waals surface area contributed by atoms with Gasteiger partial charge in [0.2, 0.25) is 0 Å². The molecule has 4 nitrogen and oxygen atoms in total. The summed E-state index contributed by atoms with van der Waals surface area (Å²) in [7, 11) is 0. The Hall–Kier alpha value is -2.10. The fourth-order valence-corrected chi connectivity index (χ4v) is 1.71. The molecule has 2 aromatic rings. The highest BCUT2D eigenvalue weighted by Gasteiger charge is 2.12. The van der Waals surface area contributed by atoms with E-state index in [0.29, 0.717) is 5.69 Å². The van der Waals surface area contributed by atoms with E-state index < -0.39 is 0 Å². The smallest absolute Gasteiger partial charge is 0.269 e. The molecule has 2 rings (SSSR count). The molecule has 1 unspecified atom stereocenters. The molecular weight excluding hydrogens is 238 g/mol. The molecule has 1 atom stereocenters. The number of aryl methyl sites for hydroxylation is 1. The molecule has 2 N–H and O–H groups in total. The summed E-state index contributed by atoms with van der Waals surface area (Å²) in [5.41, 5.74) is 3.49. The molecular formula is C15H19N3O. The SMILES string of the molecule is CCC(C)NC(=O)c1cc(-c2ccc(C)cc2)n[nH]1. The summed E-state index contributed by atoms with van der Waals surface area (Å²) in [6, 6.07) is 10.0. The highest BCUT2D eigenvalue weighted by atomic mass is 16.2. The third-order valence-corrected chi connectivity index (χ3v) is 3.16. The largest absolute Gasteiger partial charge is 0.348 e. The summed E-state index contributed by atoms with van der Waals surface area (Å²) in [4.78, 5) is 11.9. The van der Waals surface area contributed by atoms with Gasteiger partial charge in [0.1, 0.15) is 5.69 Å². The number of carbonyl (C=O) groups excluding carboxylic acids is 1. The summed E-state index contributed by atoms with van der Waals surface area (Å²) in [6.07, 6.45) is 0.907. The fourth-order valence-electron chi connectivity index (χ4n) is 1.71. The van der Waals surface area contributed by atoms with Crippen LogP contribution in [0.15, 0.2) is 30.3 Å². The molecule has 1 heterocycles. The molecule has 1 aromatic carbocycles. The van der Waals surface area contributed by atoms with Crippen LogP contribution in [-0.2, 0) is 0 Å². The first-order valence-corrected chi connectivity index (χ1v) is 6.53. The van der Waals surface area contributed by atoms with Crippen molar-refractivity contribution in [1.29, 1.82) is 0 Å². The Balaban J connectivity index is 2.15. The minimum absolute atomic E-state index is 0.111. The molecule has 4 heteroatoms. The van der Waals surface area contributed by atoms with E-state index in [4.69, 9.17) is 0 Å². The predicted octanol–water partition coefficient (Wildman–Crippen LogP) is 2.91. The Bertz CT molecular complexity index is 557. The molecule has 0 radical (unpaired) electrons. The van der Waals surface area contributed by atoms with Gasteiger partial charge in [-0.15, -0.1) is 0 Å². The lowest BCUT2D eigenvalue weighted by Gasteiger charge is -2.09. The zero-order valence-corrected chi connectivity index (χ0v) is 11.5. The highest BCUT2D eigenvalue weighted by molar-refractivity contribution is 5.93. The fraction of sp³-hybridized carbons (Fsp3) is 0.333. The quantitative estimate of drug-likeness (QED) is 0.884. The van der Waals surface area contributed by atoms with Gasteiger partial charge in [0, 0.05) is 11.6 Å². The average Bonchev–Trinajstić information content (AvgIpc) is 2.89. The van der Waals surface area contributed by atoms with Crippen LogP contribution in [0.2, 0.25) is 0 Å². The minimum atomic E-state index is -0.111. The Morgan fingerprint density at radius 3 is 2.68 bits per heavy atom. The van der Waals surface area contributed by atoms with Gasteiger partial charge in [0.25, 0.3) is 5.91 Å². The van der Waals surface area contributed by atoms with E-state index in [9.17, 15) is 4.79 Å². The summed E-state index contributed by atoms with van der Waals surface area (Å²) in [5, 5.41) is 9.88. The van der Waals surface area contributed by atoms with Crippen LogP contribution in [0.25, 0.3) is 11.3 Å². The van der Waals surface area contributed by atoms with E-state index >= 15 is 0 Å². The Morgan fingerprint density at radius 1 is 1.37 bits per heavy atom. The van der Waals surface area contributed by atoms with E-state index in [1.165, 1.54) is 5.56 Å². The number of rotatable bonds is 4. The van der Waals surface area contributed by atoms with E-state index in [2.05, 4.69) is 15.5 Å². The molecule has 0 aliphatic carbocycles. The summed E-state index contributed by atoms with van der Waals surface area (Å²) in [6.45, 7) is 6.06. The number of aromatic amines is 1. The zero-order chi connectivity index (χ0) is 13.8. The number of hydrogen-bond acceptors (Lipinski definition) is 2. The van der Waals surface area contributed by atoms with Crippen LogP contribution in [-0.4, -0.2) is 22.1 Å². The molecule has 0 aliphatic heterocycles. The number of benzene rings is 1. The maximum atomic E-state index is 11.9. The van der Waals surface area contributed by atoms with Crippen molar-refractivity contribution in [3.8, 4) is 11.3 Å². The number of H-pyrrole nitrogens is 1. The van der Waals surface area contributed by atoms with Crippen molar-refractivity contribution in [3.63, 3.8) is 0 Å². The second-order valence-corrected chi connectivity index (χ2v) is 4.82. The molecule has 0 aliphatic rings. The van der Waals surface area contributed by atoms with Gasteiger partial charge in [-0.3, -0.25) is 9.89 Å². The number of amides is 1. The zero-order valence-electron chi connectivity index (χ0n) is 11.5. The van der Waals surface area contributed by atoms with Crippen LogP contribution < -0.4 is 5.32 Å². The summed E-state index contributed by atoms with van der Waals surface area (Å²) >= 11 is 0. The van der Waals surface area contributed by atoms with Crippen LogP contribution >= 0.6 is 0 Å². The Kier molecular flexibility index (Phi) is 4.00. The third kappa shape index (κ3) is 3.22. The number of nitrogens with zero attached hydrogens (tertiary/aromatic N) is 1. The van der Waals surface area contributed by atoms with Crippen molar-refractivity contribution in [3.05, 3.63) is 41.6 Å². The first-order valence-electron chi connectivity index (χ1n) is 6.53. The Labute approximate surface area is 113 Å². The van der Waals surface area contributed by atoms with E-state index in [1.807, 2.05) is 45.0 Å². The molecule has 0 fully saturated rings. The first-order chi connectivity index (χ1) is 9.10. The van der Waals surface area contributed by atoms with Crippen LogP contribution in [0.5, 0.6) is 0 Å². The van der Waals surface area contributed by atoms with Crippen LogP contribution in [0.3, 0.4) is 0 Å². The first kappa shape index (κ1) is 13.3. The molecule has 1 aromatic heterocycles. The lowest BCUT2D eigenvalue weighted by molar-refractivity contribution is 0.0934.